The molecule has 3 aromatic carbocycles. The second-order valence-corrected chi connectivity index (χ2v) is 13.2. The smallest absolute Gasteiger partial charge is 0.234 e. The lowest BCUT2D eigenvalue weighted by atomic mass is 9.73. The standard InChI is InChI=1S/C28H39N3O2.C7H6O2.C4H10.C2H6/c1-22-11-9-10-14-25(22)28(3)15-17-31(18-16-28)23(2)26(29-27(32)19-30(4)5)21-33-20-24-12-7-6-8-13-24;8-5-6-2-1-3-7(9)4-6;1-4(2)3;1-2/h6-14,26H,2,15-21H2,1,3-5H3,(H,29,32);1-5,9H;4H,1-3H3;1-2H3. The molecule has 1 fully saturated rings. The van der Waals surface area contributed by atoms with Gasteiger partial charge in [0.25, 0.3) is 0 Å². The number of rotatable bonds is 11. The number of likely N-dealkylation sites (tertiary alicyclic amines) is 1. The lowest BCUT2D eigenvalue weighted by Crippen LogP contribution is -2.49. The first kappa shape index (κ1) is 42.1. The molecule has 1 atom stereocenters. The van der Waals surface area contributed by atoms with E-state index in [1.807, 2.05) is 63.2 Å². The molecular weight excluding hydrogens is 598 g/mol. The molecule has 0 radical (unpaired) electrons. The van der Waals surface area contributed by atoms with Crippen molar-refractivity contribution in [1.82, 2.24) is 15.1 Å². The van der Waals surface area contributed by atoms with Crippen molar-refractivity contribution in [3.05, 3.63) is 113 Å². The summed E-state index contributed by atoms with van der Waals surface area (Å²) in [6.45, 7) is 22.6. The van der Waals surface area contributed by atoms with Crippen LogP contribution in [-0.4, -0.2) is 73.5 Å². The number of phenolic OH excluding ortho intramolecular Hbond substituents is 1. The average Bonchev–Trinajstić information content (AvgIpc) is 3.05. The number of nitrogens with one attached hydrogen (secondary N) is 1. The van der Waals surface area contributed by atoms with Crippen molar-refractivity contribution in [1.29, 1.82) is 0 Å². The summed E-state index contributed by atoms with van der Waals surface area (Å²) in [5.41, 5.74) is 5.51. The molecule has 1 aliphatic rings. The predicted octanol–water partition coefficient (Wildman–Crippen LogP) is 8.02. The third-order valence-corrected chi connectivity index (χ3v) is 7.67. The van der Waals surface area contributed by atoms with Gasteiger partial charge in [0.05, 0.1) is 25.8 Å². The highest BCUT2D eigenvalue weighted by molar-refractivity contribution is 5.78. The number of aldehydes is 1. The largest absolute Gasteiger partial charge is 0.508 e. The molecule has 4 rings (SSSR count). The Kier molecular flexibility index (Phi) is 19.8. The number of ether oxygens (including phenoxy) is 1. The number of carbonyl (C=O) groups is 2. The van der Waals surface area contributed by atoms with Gasteiger partial charge in [-0.2, -0.15) is 0 Å². The van der Waals surface area contributed by atoms with Gasteiger partial charge in [-0.1, -0.05) is 115 Å². The van der Waals surface area contributed by atoms with Crippen LogP contribution >= 0.6 is 0 Å². The molecule has 1 aliphatic heterocycles. The number of hydrogen-bond donors (Lipinski definition) is 2. The number of benzene rings is 3. The Morgan fingerprint density at radius 2 is 1.58 bits per heavy atom. The first-order valence-electron chi connectivity index (χ1n) is 17.1. The summed E-state index contributed by atoms with van der Waals surface area (Å²) in [6, 6.07) is 24.8. The number of aromatic hydroxyl groups is 1. The summed E-state index contributed by atoms with van der Waals surface area (Å²) in [5.74, 6) is 0.941. The molecule has 264 valence electrons. The van der Waals surface area contributed by atoms with Crippen molar-refractivity contribution in [2.24, 2.45) is 5.92 Å². The molecule has 7 nitrogen and oxygen atoms in total. The van der Waals surface area contributed by atoms with Gasteiger partial charge in [-0.05, 0) is 74.0 Å². The second kappa shape index (κ2) is 22.6. The van der Waals surface area contributed by atoms with E-state index in [1.54, 1.807) is 12.1 Å². The number of nitrogens with zero attached hydrogens (tertiary/aromatic N) is 2. The summed E-state index contributed by atoms with van der Waals surface area (Å²) in [6.07, 6.45) is 2.81. The van der Waals surface area contributed by atoms with Crippen molar-refractivity contribution in [3.63, 3.8) is 0 Å². The number of hydrogen-bond acceptors (Lipinski definition) is 6. The van der Waals surface area contributed by atoms with Crippen molar-refractivity contribution in [2.45, 2.75) is 79.4 Å². The van der Waals surface area contributed by atoms with Crippen molar-refractivity contribution >= 4 is 12.2 Å². The van der Waals surface area contributed by atoms with Gasteiger partial charge in [-0.15, -0.1) is 0 Å². The Balaban J connectivity index is 0.000000637. The first-order valence-corrected chi connectivity index (χ1v) is 17.1. The molecule has 2 N–H and O–H groups in total. The minimum Gasteiger partial charge on any atom is -0.508 e. The van der Waals surface area contributed by atoms with Gasteiger partial charge in [-0.25, -0.2) is 0 Å². The highest BCUT2D eigenvalue weighted by Crippen LogP contribution is 2.37. The predicted molar refractivity (Wildman–Crippen MR) is 200 cm³/mol. The zero-order chi connectivity index (χ0) is 36.1. The fourth-order valence-corrected chi connectivity index (χ4v) is 5.24. The summed E-state index contributed by atoms with van der Waals surface area (Å²) in [7, 11) is 3.79. The van der Waals surface area contributed by atoms with Crippen LogP contribution in [0.25, 0.3) is 0 Å². The molecule has 1 unspecified atom stereocenters. The molecule has 0 aliphatic carbocycles. The molecule has 0 spiro atoms. The number of likely N-dealkylation sites (N-methyl/N-ethyl adjacent to an activating group) is 1. The Bertz CT molecular complexity index is 1350. The molecule has 0 saturated carbocycles. The Morgan fingerprint density at radius 1 is 1.00 bits per heavy atom. The normalized spacial score (nSPS) is 13.9. The average molecular weight is 660 g/mol. The lowest BCUT2D eigenvalue weighted by molar-refractivity contribution is -0.122. The van der Waals surface area contributed by atoms with E-state index < -0.39 is 0 Å². The summed E-state index contributed by atoms with van der Waals surface area (Å²) in [4.78, 5) is 26.8. The van der Waals surface area contributed by atoms with Gasteiger partial charge >= 0.3 is 0 Å². The third kappa shape index (κ3) is 15.8. The Morgan fingerprint density at radius 3 is 2.10 bits per heavy atom. The summed E-state index contributed by atoms with van der Waals surface area (Å²) in [5, 5.41) is 11.9. The fraction of sp³-hybridized carbons (Fsp3) is 0.463. The molecule has 1 saturated heterocycles. The molecule has 7 heteroatoms. The van der Waals surface area contributed by atoms with Gasteiger partial charge < -0.3 is 25.0 Å². The monoisotopic (exact) mass is 659 g/mol. The highest BCUT2D eigenvalue weighted by Gasteiger charge is 2.34. The molecular formula is C41H61N3O4. The number of phenols is 1. The van der Waals surface area contributed by atoms with Gasteiger partial charge in [0.2, 0.25) is 5.91 Å². The fourth-order valence-electron chi connectivity index (χ4n) is 5.24. The molecule has 0 bridgehead atoms. The molecule has 48 heavy (non-hydrogen) atoms. The van der Waals surface area contributed by atoms with Crippen LogP contribution in [0.1, 0.15) is 81.4 Å². The maximum absolute atomic E-state index is 12.5. The van der Waals surface area contributed by atoms with Crippen molar-refractivity contribution in [2.75, 3.05) is 40.3 Å². The zero-order valence-corrected chi connectivity index (χ0v) is 31.0. The highest BCUT2D eigenvalue weighted by atomic mass is 16.5. The molecule has 1 amide bonds. The second-order valence-electron chi connectivity index (χ2n) is 13.2. The topological polar surface area (TPSA) is 82.1 Å². The maximum Gasteiger partial charge on any atom is 0.234 e. The van der Waals surface area contributed by atoms with E-state index in [-0.39, 0.29) is 23.1 Å². The zero-order valence-electron chi connectivity index (χ0n) is 31.0. The third-order valence-electron chi connectivity index (χ3n) is 7.67. The molecule has 1 heterocycles. The van der Waals surface area contributed by atoms with E-state index >= 15 is 0 Å². The van der Waals surface area contributed by atoms with Crippen LogP contribution < -0.4 is 5.32 Å². The quantitative estimate of drug-likeness (QED) is 0.203. The van der Waals surface area contributed by atoms with Crippen LogP contribution in [0.3, 0.4) is 0 Å². The number of aryl methyl sites for hydroxylation is 1. The maximum atomic E-state index is 12.5. The van der Waals surface area contributed by atoms with Crippen LogP contribution in [0.4, 0.5) is 0 Å². The minimum absolute atomic E-state index is 0.0174. The van der Waals surface area contributed by atoms with Crippen LogP contribution in [0.5, 0.6) is 5.75 Å². The van der Waals surface area contributed by atoms with E-state index in [9.17, 15) is 9.59 Å². The number of carbonyl (C=O) groups excluding carboxylic acids is 2. The lowest BCUT2D eigenvalue weighted by Gasteiger charge is -2.43. The molecule has 0 aromatic heterocycles. The van der Waals surface area contributed by atoms with E-state index in [4.69, 9.17) is 9.84 Å². The van der Waals surface area contributed by atoms with E-state index in [2.05, 4.69) is 75.7 Å². The van der Waals surface area contributed by atoms with Crippen molar-refractivity contribution < 1.29 is 19.4 Å². The van der Waals surface area contributed by atoms with E-state index in [0.717, 1.165) is 43.1 Å². The minimum atomic E-state index is -0.246. The van der Waals surface area contributed by atoms with Crippen LogP contribution in [-0.2, 0) is 21.6 Å². The van der Waals surface area contributed by atoms with Gasteiger partial charge in [0.15, 0.2) is 0 Å². The number of amides is 1. The van der Waals surface area contributed by atoms with E-state index in [0.29, 0.717) is 31.6 Å². The van der Waals surface area contributed by atoms with E-state index in [1.165, 1.54) is 23.3 Å². The Labute approximate surface area is 291 Å². The summed E-state index contributed by atoms with van der Waals surface area (Å²) >= 11 is 0. The van der Waals surface area contributed by atoms with Gasteiger partial charge in [0.1, 0.15) is 12.0 Å². The van der Waals surface area contributed by atoms with Crippen LogP contribution in [0.2, 0.25) is 0 Å². The molecule has 3 aromatic rings. The Hall–Kier alpha value is -3.94. The van der Waals surface area contributed by atoms with Crippen LogP contribution in [0.15, 0.2) is 91.1 Å². The van der Waals surface area contributed by atoms with Gasteiger partial charge in [0, 0.05) is 24.4 Å². The van der Waals surface area contributed by atoms with Crippen LogP contribution in [0, 0.1) is 12.8 Å². The SMILES string of the molecule is C=C(C(COCc1ccccc1)NC(=O)CN(C)C)N1CCC(C)(c2ccccc2C)CC1.CC.CC(C)C.O=Cc1cccc(O)c1. The summed E-state index contributed by atoms with van der Waals surface area (Å²) < 4.78 is 6.01. The number of piperidine rings is 1. The van der Waals surface area contributed by atoms with Gasteiger partial charge in [-0.3, -0.25) is 9.59 Å². The van der Waals surface area contributed by atoms with Crippen molar-refractivity contribution in [3.8, 4) is 5.75 Å². The first-order chi connectivity index (χ1) is 22.8.